The largest absolute Gasteiger partial charge is 0.496 e. The normalized spacial score (nSPS) is 10.9. The summed E-state index contributed by atoms with van der Waals surface area (Å²) < 4.78 is 10.5. The van der Waals surface area contributed by atoms with Gasteiger partial charge in [-0.05, 0) is 45.0 Å². The molecule has 0 aliphatic rings. The van der Waals surface area contributed by atoms with Crippen LogP contribution in [-0.2, 0) is 4.74 Å². The second-order valence-electron chi connectivity index (χ2n) is 8.46. The number of nitrogens with zero attached hydrogens (tertiary/aromatic N) is 1. The highest BCUT2D eigenvalue weighted by Gasteiger charge is 2.30. The van der Waals surface area contributed by atoms with Gasteiger partial charge in [-0.3, -0.25) is 15.0 Å². The molecular formula is C24H29N2O5. The Hall–Kier alpha value is -3.35. The fourth-order valence-corrected chi connectivity index (χ4v) is 2.92. The van der Waals surface area contributed by atoms with E-state index in [4.69, 9.17) is 9.47 Å². The molecule has 0 aliphatic heterocycles. The molecule has 2 rings (SSSR count). The van der Waals surface area contributed by atoms with Crippen molar-refractivity contribution in [1.29, 1.82) is 0 Å². The molecule has 0 saturated heterocycles. The van der Waals surface area contributed by atoms with E-state index in [2.05, 4.69) is 5.43 Å². The number of benzene rings is 2. The van der Waals surface area contributed by atoms with Gasteiger partial charge in [0, 0.05) is 22.1 Å². The molecule has 2 aromatic rings. The van der Waals surface area contributed by atoms with Crippen molar-refractivity contribution in [2.75, 3.05) is 7.11 Å². The lowest BCUT2D eigenvalue weighted by Crippen LogP contribution is -2.50. The van der Waals surface area contributed by atoms with E-state index < -0.39 is 23.3 Å². The third-order valence-electron chi connectivity index (χ3n) is 4.33. The second-order valence-corrected chi connectivity index (χ2v) is 8.46. The molecule has 7 heteroatoms. The molecule has 0 aromatic heterocycles. The van der Waals surface area contributed by atoms with Gasteiger partial charge in [0.05, 0.1) is 7.11 Å². The molecule has 1 radical (unpaired) electrons. The zero-order chi connectivity index (χ0) is 23.3. The van der Waals surface area contributed by atoms with Crippen LogP contribution in [0, 0.1) is 32.8 Å². The minimum atomic E-state index is -1.01. The molecule has 0 atom stereocenters. The van der Waals surface area contributed by atoms with Gasteiger partial charge < -0.3 is 9.47 Å². The van der Waals surface area contributed by atoms with Gasteiger partial charge in [-0.25, -0.2) is 4.79 Å². The van der Waals surface area contributed by atoms with E-state index in [1.807, 2.05) is 40.7 Å². The van der Waals surface area contributed by atoms with Crippen LogP contribution in [0.4, 0.5) is 4.79 Å². The van der Waals surface area contributed by atoms with E-state index in [1.165, 1.54) is 13.7 Å². The first-order chi connectivity index (χ1) is 14.4. The maximum Gasteiger partial charge on any atom is 0.436 e. The predicted molar refractivity (Wildman–Crippen MR) is 118 cm³/mol. The van der Waals surface area contributed by atoms with Crippen LogP contribution in [0.3, 0.4) is 0 Å². The zero-order valence-corrected chi connectivity index (χ0v) is 19.0. The average Bonchev–Trinajstić information content (AvgIpc) is 2.68. The molecule has 165 valence electrons. The lowest BCUT2D eigenvalue weighted by molar-refractivity contribution is 0.0508. The van der Waals surface area contributed by atoms with Crippen LogP contribution < -0.4 is 10.2 Å². The SMILES string of the molecule is COc1cccc(C(=O)N(NC(=O)c2cc(C)cc(C)c2)C(=O)O[CH]C(C)(C)C)c1C. The van der Waals surface area contributed by atoms with E-state index in [0.29, 0.717) is 21.9 Å². The van der Waals surface area contributed by atoms with Gasteiger partial charge >= 0.3 is 6.09 Å². The molecule has 31 heavy (non-hydrogen) atoms. The number of carbonyl (C=O) groups is 3. The van der Waals surface area contributed by atoms with E-state index in [0.717, 1.165) is 11.1 Å². The van der Waals surface area contributed by atoms with E-state index >= 15 is 0 Å². The third kappa shape index (κ3) is 6.31. The molecule has 0 bridgehead atoms. The maximum atomic E-state index is 13.2. The van der Waals surface area contributed by atoms with Crippen molar-refractivity contribution in [2.24, 2.45) is 5.41 Å². The Kier molecular flexibility index (Phi) is 7.44. The summed E-state index contributed by atoms with van der Waals surface area (Å²) in [6.45, 7) is 12.3. The number of rotatable bonds is 4. The number of nitrogens with one attached hydrogen (secondary N) is 1. The Morgan fingerprint density at radius 2 is 1.61 bits per heavy atom. The van der Waals surface area contributed by atoms with Crippen molar-refractivity contribution >= 4 is 17.9 Å². The first-order valence-corrected chi connectivity index (χ1v) is 9.85. The Morgan fingerprint density at radius 3 is 2.16 bits per heavy atom. The first-order valence-electron chi connectivity index (χ1n) is 9.85. The highest BCUT2D eigenvalue weighted by molar-refractivity contribution is 6.06. The highest BCUT2D eigenvalue weighted by Crippen LogP contribution is 2.23. The lowest BCUT2D eigenvalue weighted by atomic mass is 9.99. The lowest BCUT2D eigenvalue weighted by Gasteiger charge is -2.24. The van der Waals surface area contributed by atoms with Crippen LogP contribution in [0.1, 0.15) is 58.2 Å². The summed E-state index contributed by atoms with van der Waals surface area (Å²) >= 11 is 0. The van der Waals surface area contributed by atoms with E-state index in [1.54, 1.807) is 37.3 Å². The van der Waals surface area contributed by atoms with Crippen LogP contribution in [0.5, 0.6) is 5.75 Å². The summed E-state index contributed by atoms with van der Waals surface area (Å²) in [6, 6.07) is 10.2. The Morgan fingerprint density at radius 1 is 1.00 bits per heavy atom. The number of aryl methyl sites for hydroxylation is 2. The Balaban J connectivity index is 2.39. The van der Waals surface area contributed by atoms with Gasteiger partial charge in [-0.1, -0.05) is 44.0 Å². The number of imide groups is 1. The van der Waals surface area contributed by atoms with Crippen molar-refractivity contribution < 1.29 is 23.9 Å². The molecular weight excluding hydrogens is 396 g/mol. The Bertz CT molecular complexity index is 972. The fourth-order valence-electron chi connectivity index (χ4n) is 2.92. The molecule has 0 fully saturated rings. The third-order valence-corrected chi connectivity index (χ3v) is 4.33. The summed E-state index contributed by atoms with van der Waals surface area (Å²) in [4.78, 5) is 38.9. The summed E-state index contributed by atoms with van der Waals surface area (Å²) in [7, 11) is 1.49. The Labute approximate surface area is 183 Å². The van der Waals surface area contributed by atoms with Gasteiger partial charge in [-0.15, -0.1) is 5.01 Å². The van der Waals surface area contributed by atoms with Gasteiger partial charge in [0.15, 0.2) is 0 Å². The van der Waals surface area contributed by atoms with Crippen LogP contribution >= 0.6 is 0 Å². The highest BCUT2D eigenvalue weighted by atomic mass is 16.6. The minimum absolute atomic E-state index is 0.202. The molecule has 0 saturated carbocycles. The zero-order valence-electron chi connectivity index (χ0n) is 19.0. The molecule has 7 nitrogen and oxygen atoms in total. The van der Waals surface area contributed by atoms with Gasteiger partial charge in [0.2, 0.25) is 0 Å². The summed E-state index contributed by atoms with van der Waals surface area (Å²) in [6.07, 6.45) is -1.01. The molecule has 0 unspecified atom stereocenters. The monoisotopic (exact) mass is 425 g/mol. The molecule has 1 N–H and O–H groups in total. The molecule has 0 aliphatic carbocycles. The summed E-state index contributed by atoms with van der Waals surface area (Å²) in [5.74, 6) is -0.851. The quantitative estimate of drug-likeness (QED) is 0.715. The van der Waals surface area contributed by atoms with Crippen molar-refractivity contribution in [3.8, 4) is 5.75 Å². The predicted octanol–water partition coefficient (Wildman–Crippen LogP) is 4.75. The average molecular weight is 426 g/mol. The van der Waals surface area contributed by atoms with Crippen LogP contribution in [0.2, 0.25) is 0 Å². The number of methoxy groups -OCH3 is 1. The van der Waals surface area contributed by atoms with Crippen molar-refractivity contribution in [3.63, 3.8) is 0 Å². The first kappa shape index (κ1) is 23.9. The second kappa shape index (κ2) is 9.64. The number of amides is 3. The summed E-state index contributed by atoms with van der Waals surface area (Å²) in [5.41, 5.74) is 4.79. The van der Waals surface area contributed by atoms with Crippen LogP contribution in [-0.4, -0.2) is 30.0 Å². The summed E-state index contributed by atoms with van der Waals surface area (Å²) in [5, 5.41) is 0.587. The fraction of sp³-hybridized carbons (Fsp3) is 0.333. The molecule has 3 amide bonds. The van der Waals surface area contributed by atoms with Gasteiger partial charge in [-0.2, -0.15) is 0 Å². The number of ether oxygens (including phenoxy) is 2. The van der Waals surface area contributed by atoms with Gasteiger partial charge in [0.1, 0.15) is 12.4 Å². The van der Waals surface area contributed by atoms with E-state index in [9.17, 15) is 14.4 Å². The van der Waals surface area contributed by atoms with Crippen molar-refractivity contribution in [2.45, 2.75) is 41.5 Å². The van der Waals surface area contributed by atoms with Gasteiger partial charge in [0.25, 0.3) is 11.8 Å². The molecule has 0 heterocycles. The van der Waals surface area contributed by atoms with Crippen LogP contribution in [0.15, 0.2) is 36.4 Å². The molecule has 2 aromatic carbocycles. The number of hydrazine groups is 1. The number of hydrogen-bond donors (Lipinski definition) is 1. The topological polar surface area (TPSA) is 84.9 Å². The maximum absolute atomic E-state index is 13.2. The van der Waals surface area contributed by atoms with Crippen molar-refractivity contribution in [3.05, 3.63) is 70.8 Å². The minimum Gasteiger partial charge on any atom is -0.496 e. The van der Waals surface area contributed by atoms with E-state index in [-0.39, 0.29) is 5.56 Å². The van der Waals surface area contributed by atoms with Crippen molar-refractivity contribution in [1.82, 2.24) is 10.4 Å². The van der Waals surface area contributed by atoms with Crippen LogP contribution in [0.25, 0.3) is 0 Å². The number of carbonyl (C=O) groups excluding carboxylic acids is 3. The standard InChI is InChI=1S/C24H29N2O5/c1-15-11-16(2)13-18(12-15)21(27)25-26(23(29)31-14-24(4,5)6)22(28)19-9-8-10-20(30-7)17(19)3/h8-14H,1-7H3,(H,25,27). The smallest absolute Gasteiger partial charge is 0.436 e. The number of hydrogen-bond acceptors (Lipinski definition) is 5. The molecule has 0 spiro atoms.